The second-order valence-corrected chi connectivity index (χ2v) is 2.98. The largest absolute Gasteiger partial charge is 0.469 e. The molecule has 0 aromatic heterocycles. The fourth-order valence-electron chi connectivity index (χ4n) is 0.905. The highest BCUT2D eigenvalue weighted by molar-refractivity contribution is 6.00. The van der Waals surface area contributed by atoms with Gasteiger partial charge in [0.05, 0.1) is 32.8 Å². The number of primary amides is 1. The Labute approximate surface area is 98.1 Å². The molecule has 3 N–H and O–H groups in total. The van der Waals surface area contributed by atoms with Crippen molar-refractivity contribution in [3.63, 3.8) is 0 Å². The number of hydrazone groups is 1. The van der Waals surface area contributed by atoms with Crippen molar-refractivity contribution >= 4 is 23.7 Å². The molecule has 0 aromatic carbocycles. The molecule has 0 unspecified atom stereocenters. The number of nitrogens with zero attached hydrogens (tertiary/aromatic N) is 1. The Bertz CT molecular complexity index is 327. The molecule has 0 aliphatic rings. The summed E-state index contributed by atoms with van der Waals surface area (Å²) in [6.07, 6.45) is 0.0859. The quantitative estimate of drug-likeness (QED) is 0.372. The fourth-order valence-corrected chi connectivity index (χ4v) is 0.905. The monoisotopic (exact) mass is 245 g/mol. The van der Waals surface area contributed by atoms with Gasteiger partial charge >= 0.3 is 18.0 Å². The SMILES string of the molecule is COC(=O)CC/C(CC(=O)OC)=N/NC(N)=O. The number of nitrogens with two attached hydrogens (primary N) is 1. The number of hydrogen-bond donors (Lipinski definition) is 2. The van der Waals surface area contributed by atoms with E-state index in [-0.39, 0.29) is 25.0 Å². The first kappa shape index (κ1) is 14.9. The summed E-state index contributed by atoms with van der Waals surface area (Å²) < 4.78 is 8.88. The van der Waals surface area contributed by atoms with E-state index in [1.807, 2.05) is 5.43 Å². The highest BCUT2D eigenvalue weighted by Gasteiger charge is 2.11. The fraction of sp³-hybridized carbons (Fsp3) is 0.556. The molecular weight excluding hydrogens is 230 g/mol. The summed E-state index contributed by atoms with van der Waals surface area (Å²) in [6.45, 7) is 0. The van der Waals surface area contributed by atoms with Crippen LogP contribution in [0.3, 0.4) is 0 Å². The Morgan fingerprint density at radius 1 is 1.12 bits per heavy atom. The molecule has 0 saturated heterocycles. The van der Waals surface area contributed by atoms with E-state index >= 15 is 0 Å². The van der Waals surface area contributed by atoms with Crippen LogP contribution >= 0.6 is 0 Å². The van der Waals surface area contributed by atoms with Gasteiger partial charge in [0.25, 0.3) is 0 Å². The number of rotatable bonds is 6. The molecule has 2 amide bonds. The van der Waals surface area contributed by atoms with E-state index < -0.39 is 18.0 Å². The van der Waals surface area contributed by atoms with Crippen molar-refractivity contribution in [1.29, 1.82) is 0 Å². The minimum atomic E-state index is -0.856. The molecule has 0 radical (unpaired) electrons. The van der Waals surface area contributed by atoms with Crippen LogP contribution in [0.15, 0.2) is 5.10 Å². The van der Waals surface area contributed by atoms with E-state index in [0.717, 1.165) is 0 Å². The van der Waals surface area contributed by atoms with Crippen LogP contribution in [0.1, 0.15) is 19.3 Å². The Hall–Kier alpha value is -2.12. The number of nitrogens with one attached hydrogen (secondary N) is 1. The van der Waals surface area contributed by atoms with E-state index in [4.69, 9.17) is 5.73 Å². The molecule has 0 bridgehead atoms. The normalized spacial score (nSPS) is 10.6. The lowest BCUT2D eigenvalue weighted by Gasteiger charge is -2.04. The molecule has 0 rings (SSSR count). The number of hydrogen-bond acceptors (Lipinski definition) is 6. The summed E-state index contributed by atoms with van der Waals surface area (Å²) in [4.78, 5) is 32.4. The van der Waals surface area contributed by atoms with Gasteiger partial charge in [0.15, 0.2) is 0 Å². The average molecular weight is 245 g/mol. The molecule has 0 atom stereocenters. The number of amides is 2. The van der Waals surface area contributed by atoms with E-state index in [1.54, 1.807) is 0 Å². The lowest BCUT2D eigenvalue weighted by molar-refractivity contribution is -0.141. The van der Waals surface area contributed by atoms with Gasteiger partial charge in [-0.25, -0.2) is 10.2 Å². The van der Waals surface area contributed by atoms with Crippen LogP contribution in [0.2, 0.25) is 0 Å². The van der Waals surface area contributed by atoms with Gasteiger partial charge in [-0.15, -0.1) is 0 Å². The topological polar surface area (TPSA) is 120 Å². The highest BCUT2D eigenvalue weighted by atomic mass is 16.5. The van der Waals surface area contributed by atoms with Gasteiger partial charge in [-0.1, -0.05) is 0 Å². The van der Waals surface area contributed by atoms with E-state index in [0.29, 0.717) is 0 Å². The van der Waals surface area contributed by atoms with Gasteiger partial charge in [-0.3, -0.25) is 9.59 Å². The van der Waals surface area contributed by atoms with Gasteiger partial charge in [0.2, 0.25) is 0 Å². The molecule has 0 fully saturated rings. The molecule has 0 spiro atoms. The van der Waals surface area contributed by atoms with Crippen molar-refractivity contribution in [3.8, 4) is 0 Å². The summed E-state index contributed by atoms with van der Waals surface area (Å²) in [5.41, 5.74) is 7.08. The standard InChI is InChI=1S/C9H15N3O5/c1-16-7(13)4-3-6(5-8(14)17-2)11-12-9(10)15/h3-5H2,1-2H3,(H3,10,12,15)/b11-6-. The third-order valence-corrected chi connectivity index (χ3v) is 1.75. The molecule has 17 heavy (non-hydrogen) atoms. The number of carbonyl (C=O) groups excluding carboxylic acids is 3. The zero-order valence-electron chi connectivity index (χ0n) is 9.69. The molecule has 0 aromatic rings. The molecule has 0 saturated carbocycles. The summed E-state index contributed by atoms with van der Waals surface area (Å²) in [7, 11) is 2.48. The van der Waals surface area contributed by atoms with Gasteiger partial charge in [0.1, 0.15) is 0 Å². The van der Waals surface area contributed by atoms with Crippen molar-refractivity contribution in [1.82, 2.24) is 5.43 Å². The molecule has 8 nitrogen and oxygen atoms in total. The van der Waals surface area contributed by atoms with Crippen molar-refractivity contribution < 1.29 is 23.9 Å². The predicted octanol–water partition coefficient (Wildman–Crippen LogP) is -0.473. The Balaban J connectivity index is 4.39. The first-order chi connectivity index (χ1) is 7.99. The summed E-state index contributed by atoms with van der Waals surface area (Å²) in [5, 5.41) is 3.60. The Morgan fingerprint density at radius 2 is 1.71 bits per heavy atom. The van der Waals surface area contributed by atoms with Crippen LogP contribution in [0.5, 0.6) is 0 Å². The van der Waals surface area contributed by atoms with Crippen LogP contribution in [0.25, 0.3) is 0 Å². The van der Waals surface area contributed by atoms with Crippen LogP contribution in [-0.4, -0.2) is 37.9 Å². The molecule has 0 aliphatic carbocycles. The Morgan fingerprint density at radius 3 is 2.18 bits per heavy atom. The van der Waals surface area contributed by atoms with E-state index in [9.17, 15) is 14.4 Å². The number of methoxy groups -OCH3 is 2. The van der Waals surface area contributed by atoms with Crippen molar-refractivity contribution in [2.45, 2.75) is 19.3 Å². The van der Waals surface area contributed by atoms with Gasteiger partial charge in [0, 0.05) is 0 Å². The Kier molecular flexibility index (Phi) is 7.07. The predicted molar refractivity (Wildman–Crippen MR) is 58.0 cm³/mol. The third kappa shape index (κ3) is 7.77. The molecular formula is C9H15N3O5. The first-order valence-corrected chi connectivity index (χ1v) is 4.74. The number of esters is 2. The zero-order chi connectivity index (χ0) is 13.3. The highest BCUT2D eigenvalue weighted by Crippen LogP contribution is 2.00. The summed E-state index contributed by atoms with van der Waals surface area (Å²) in [5.74, 6) is -0.971. The second kappa shape index (κ2) is 8.08. The maximum atomic E-state index is 11.0. The van der Waals surface area contributed by atoms with Crippen molar-refractivity contribution in [2.75, 3.05) is 14.2 Å². The summed E-state index contributed by atoms with van der Waals surface area (Å²) in [6, 6.07) is -0.856. The van der Waals surface area contributed by atoms with Crippen LogP contribution < -0.4 is 11.2 Å². The van der Waals surface area contributed by atoms with Crippen LogP contribution in [0.4, 0.5) is 4.79 Å². The lowest BCUT2D eigenvalue weighted by atomic mass is 10.1. The molecule has 96 valence electrons. The summed E-state index contributed by atoms with van der Waals surface area (Å²) >= 11 is 0. The lowest BCUT2D eigenvalue weighted by Crippen LogP contribution is -2.26. The maximum absolute atomic E-state index is 11.0. The maximum Gasteiger partial charge on any atom is 0.332 e. The van der Waals surface area contributed by atoms with Gasteiger partial charge < -0.3 is 15.2 Å². The molecule has 0 heterocycles. The van der Waals surface area contributed by atoms with Crippen molar-refractivity contribution in [3.05, 3.63) is 0 Å². The van der Waals surface area contributed by atoms with Gasteiger partial charge in [-0.2, -0.15) is 5.10 Å². The second-order valence-electron chi connectivity index (χ2n) is 2.98. The zero-order valence-corrected chi connectivity index (χ0v) is 9.69. The average Bonchev–Trinajstić information content (AvgIpc) is 2.31. The van der Waals surface area contributed by atoms with E-state index in [2.05, 4.69) is 14.6 Å². The number of ether oxygens (including phenoxy) is 2. The number of urea groups is 1. The van der Waals surface area contributed by atoms with Gasteiger partial charge in [-0.05, 0) is 6.42 Å². The molecule has 8 heteroatoms. The number of carbonyl (C=O) groups is 3. The van der Waals surface area contributed by atoms with Crippen LogP contribution in [0, 0.1) is 0 Å². The van der Waals surface area contributed by atoms with E-state index in [1.165, 1.54) is 14.2 Å². The third-order valence-electron chi connectivity index (χ3n) is 1.75. The first-order valence-electron chi connectivity index (χ1n) is 4.74. The smallest absolute Gasteiger partial charge is 0.332 e. The van der Waals surface area contributed by atoms with Crippen molar-refractivity contribution in [2.24, 2.45) is 10.8 Å². The van der Waals surface area contributed by atoms with Crippen LogP contribution in [-0.2, 0) is 19.1 Å². The minimum absolute atomic E-state index is 0.0484. The molecule has 0 aliphatic heterocycles. The minimum Gasteiger partial charge on any atom is -0.469 e.